The van der Waals surface area contributed by atoms with Gasteiger partial charge in [0.1, 0.15) is 0 Å². The fourth-order valence-corrected chi connectivity index (χ4v) is 2.29. The molecule has 0 atom stereocenters. The van der Waals surface area contributed by atoms with Crippen LogP contribution in [0.4, 0.5) is 0 Å². The Morgan fingerprint density at radius 2 is 1.93 bits per heavy atom. The van der Waals surface area contributed by atoms with E-state index in [-0.39, 0.29) is 5.41 Å². The zero-order valence-electron chi connectivity index (χ0n) is 8.35. The molecule has 1 aromatic carbocycles. The first kappa shape index (κ1) is 8.59. The van der Waals surface area contributed by atoms with E-state index < -0.39 is 0 Å². The Kier molecular flexibility index (Phi) is 1.80. The van der Waals surface area contributed by atoms with E-state index in [9.17, 15) is 0 Å². The predicted molar refractivity (Wildman–Crippen MR) is 55.3 cm³/mol. The number of benzene rings is 1. The smallest absolute Gasteiger partial charge is 0.177 e. The largest absolute Gasteiger partial charge is 0.185 e. The SMILES string of the molecule is c1ccc(C2(c3nn[nH]n3)CCC2)cc1. The molecule has 76 valence electrons. The van der Waals surface area contributed by atoms with Crippen LogP contribution in [-0.4, -0.2) is 20.6 Å². The van der Waals surface area contributed by atoms with Crippen molar-refractivity contribution < 1.29 is 0 Å². The zero-order valence-corrected chi connectivity index (χ0v) is 8.35. The van der Waals surface area contributed by atoms with Crippen LogP contribution in [0.1, 0.15) is 30.7 Å². The molecule has 1 heterocycles. The molecular weight excluding hydrogens is 188 g/mol. The third-order valence-corrected chi connectivity index (χ3v) is 3.31. The van der Waals surface area contributed by atoms with Gasteiger partial charge in [0.05, 0.1) is 5.41 Å². The minimum atomic E-state index is 0.0221. The van der Waals surface area contributed by atoms with Gasteiger partial charge < -0.3 is 0 Å². The maximum Gasteiger partial charge on any atom is 0.185 e. The summed E-state index contributed by atoms with van der Waals surface area (Å²) in [5, 5.41) is 14.5. The van der Waals surface area contributed by atoms with Crippen molar-refractivity contribution in [1.29, 1.82) is 0 Å². The quantitative estimate of drug-likeness (QED) is 0.802. The Hall–Kier alpha value is -1.71. The van der Waals surface area contributed by atoms with Crippen molar-refractivity contribution in [3.63, 3.8) is 0 Å². The highest BCUT2D eigenvalue weighted by molar-refractivity contribution is 5.34. The van der Waals surface area contributed by atoms with Gasteiger partial charge in [-0.05, 0) is 18.4 Å². The first-order valence-electron chi connectivity index (χ1n) is 5.21. The van der Waals surface area contributed by atoms with Crippen molar-refractivity contribution in [3.05, 3.63) is 41.7 Å². The molecule has 0 bridgehead atoms. The lowest BCUT2D eigenvalue weighted by atomic mass is 9.64. The maximum absolute atomic E-state index is 4.14. The van der Waals surface area contributed by atoms with Crippen LogP contribution in [0, 0.1) is 0 Å². The molecule has 0 amide bonds. The van der Waals surface area contributed by atoms with Crippen molar-refractivity contribution in [2.45, 2.75) is 24.7 Å². The Labute approximate surface area is 87.7 Å². The number of aromatic amines is 1. The van der Waals surface area contributed by atoms with Crippen LogP contribution in [-0.2, 0) is 5.41 Å². The minimum absolute atomic E-state index is 0.0221. The number of rotatable bonds is 2. The lowest BCUT2D eigenvalue weighted by molar-refractivity contribution is 0.285. The monoisotopic (exact) mass is 200 g/mol. The number of tetrazole rings is 1. The van der Waals surface area contributed by atoms with Crippen LogP contribution in [0.15, 0.2) is 30.3 Å². The molecule has 0 saturated heterocycles. The second-order valence-electron chi connectivity index (χ2n) is 4.04. The van der Waals surface area contributed by atoms with Gasteiger partial charge in [-0.1, -0.05) is 42.0 Å². The molecule has 1 N–H and O–H groups in total. The number of aromatic nitrogens is 4. The molecule has 0 spiro atoms. The molecule has 3 rings (SSSR count). The van der Waals surface area contributed by atoms with Crippen molar-refractivity contribution >= 4 is 0 Å². The average molecular weight is 200 g/mol. The Bertz CT molecular complexity index is 431. The summed E-state index contributed by atoms with van der Waals surface area (Å²) in [6.07, 6.45) is 3.48. The average Bonchev–Trinajstić information content (AvgIpc) is 2.72. The summed E-state index contributed by atoms with van der Waals surface area (Å²) in [6.45, 7) is 0. The third-order valence-electron chi connectivity index (χ3n) is 3.31. The number of hydrogen-bond acceptors (Lipinski definition) is 3. The Morgan fingerprint density at radius 1 is 1.13 bits per heavy atom. The summed E-state index contributed by atoms with van der Waals surface area (Å²) in [5.41, 5.74) is 1.33. The van der Waals surface area contributed by atoms with Gasteiger partial charge >= 0.3 is 0 Å². The van der Waals surface area contributed by atoms with E-state index in [4.69, 9.17) is 0 Å². The van der Waals surface area contributed by atoms with Crippen LogP contribution in [0.2, 0.25) is 0 Å². The highest BCUT2D eigenvalue weighted by Gasteiger charge is 2.43. The molecule has 1 aliphatic carbocycles. The summed E-state index contributed by atoms with van der Waals surface area (Å²) in [4.78, 5) is 0. The van der Waals surface area contributed by atoms with Crippen LogP contribution in [0.25, 0.3) is 0 Å². The standard InChI is InChI=1S/C11H12N4/c1-2-5-9(6-3-1)11(7-4-8-11)10-12-14-15-13-10/h1-3,5-6H,4,7-8H2,(H,12,13,14,15). The van der Waals surface area contributed by atoms with Gasteiger partial charge in [-0.25, -0.2) is 0 Å². The van der Waals surface area contributed by atoms with Gasteiger partial charge in [0.25, 0.3) is 0 Å². The normalized spacial score (nSPS) is 18.4. The second kappa shape index (κ2) is 3.15. The molecule has 1 aromatic heterocycles. The first-order valence-corrected chi connectivity index (χ1v) is 5.21. The van der Waals surface area contributed by atoms with E-state index in [2.05, 4.69) is 44.9 Å². The zero-order chi connectivity index (χ0) is 10.1. The molecular formula is C11H12N4. The molecule has 1 fully saturated rings. The number of nitrogens with zero attached hydrogens (tertiary/aromatic N) is 3. The van der Waals surface area contributed by atoms with E-state index in [1.54, 1.807) is 0 Å². The Balaban J connectivity index is 2.08. The maximum atomic E-state index is 4.14. The van der Waals surface area contributed by atoms with E-state index in [0.29, 0.717) is 0 Å². The van der Waals surface area contributed by atoms with Crippen LogP contribution in [0.3, 0.4) is 0 Å². The molecule has 1 saturated carbocycles. The molecule has 1 aliphatic rings. The van der Waals surface area contributed by atoms with E-state index in [1.807, 2.05) is 6.07 Å². The van der Waals surface area contributed by atoms with Gasteiger partial charge in [0, 0.05) is 0 Å². The summed E-state index contributed by atoms with van der Waals surface area (Å²) in [5.74, 6) is 0.833. The van der Waals surface area contributed by atoms with Gasteiger partial charge in [-0.3, -0.25) is 0 Å². The fourth-order valence-electron chi connectivity index (χ4n) is 2.29. The van der Waals surface area contributed by atoms with Crippen molar-refractivity contribution in [2.24, 2.45) is 0 Å². The van der Waals surface area contributed by atoms with Gasteiger partial charge in [0.15, 0.2) is 5.82 Å². The van der Waals surface area contributed by atoms with E-state index in [1.165, 1.54) is 12.0 Å². The van der Waals surface area contributed by atoms with Gasteiger partial charge in [0.2, 0.25) is 0 Å². The van der Waals surface area contributed by atoms with Gasteiger partial charge in [-0.15, -0.1) is 10.2 Å². The highest BCUT2D eigenvalue weighted by atomic mass is 15.5. The highest BCUT2D eigenvalue weighted by Crippen LogP contribution is 2.47. The van der Waals surface area contributed by atoms with E-state index in [0.717, 1.165) is 18.7 Å². The summed E-state index contributed by atoms with van der Waals surface area (Å²) in [7, 11) is 0. The Morgan fingerprint density at radius 3 is 2.47 bits per heavy atom. The van der Waals surface area contributed by atoms with Crippen molar-refractivity contribution in [3.8, 4) is 0 Å². The fraction of sp³-hybridized carbons (Fsp3) is 0.364. The minimum Gasteiger partial charge on any atom is -0.177 e. The van der Waals surface area contributed by atoms with Crippen LogP contribution in [0.5, 0.6) is 0 Å². The number of nitrogens with one attached hydrogen (secondary N) is 1. The first-order chi connectivity index (χ1) is 7.42. The summed E-state index contributed by atoms with van der Waals surface area (Å²) in [6, 6.07) is 10.5. The molecule has 4 heteroatoms. The molecule has 15 heavy (non-hydrogen) atoms. The van der Waals surface area contributed by atoms with Crippen molar-refractivity contribution in [2.75, 3.05) is 0 Å². The van der Waals surface area contributed by atoms with Crippen LogP contribution >= 0.6 is 0 Å². The summed E-state index contributed by atoms with van der Waals surface area (Å²) < 4.78 is 0. The van der Waals surface area contributed by atoms with Gasteiger partial charge in [-0.2, -0.15) is 5.21 Å². The second-order valence-corrected chi connectivity index (χ2v) is 4.04. The topological polar surface area (TPSA) is 54.5 Å². The predicted octanol–water partition coefficient (Wildman–Crippen LogP) is 1.67. The number of H-pyrrole nitrogens is 1. The number of hydrogen-bond donors (Lipinski definition) is 1. The van der Waals surface area contributed by atoms with E-state index >= 15 is 0 Å². The van der Waals surface area contributed by atoms with Crippen LogP contribution < -0.4 is 0 Å². The lowest BCUT2D eigenvalue weighted by Gasteiger charge is -2.39. The molecule has 0 aliphatic heterocycles. The third kappa shape index (κ3) is 1.17. The molecule has 0 unspecified atom stereocenters. The summed E-state index contributed by atoms with van der Waals surface area (Å²) >= 11 is 0. The lowest BCUT2D eigenvalue weighted by Crippen LogP contribution is -2.36. The molecule has 0 radical (unpaired) electrons. The molecule has 4 nitrogen and oxygen atoms in total. The van der Waals surface area contributed by atoms with Crippen molar-refractivity contribution in [1.82, 2.24) is 20.6 Å². The molecule has 2 aromatic rings.